The van der Waals surface area contributed by atoms with Gasteiger partial charge < -0.3 is 5.32 Å². The van der Waals surface area contributed by atoms with Gasteiger partial charge in [-0.3, -0.25) is 9.48 Å². The van der Waals surface area contributed by atoms with E-state index in [-0.39, 0.29) is 23.6 Å². The van der Waals surface area contributed by atoms with Gasteiger partial charge in [0.1, 0.15) is 5.82 Å². The van der Waals surface area contributed by atoms with Gasteiger partial charge in [0.05, 0.1) is 11.4 Å². The van der Waals surface area contributed by atoms with Crippen LogP contribution in [0.3, 0.4) is 0 Å². The smallest absolute Gasteiger partial charge is 0.346 e. The fraction of sp³-hybridized carbons (Fsp3) is 0.238. The minimum atomic E-state index is -4.75. The van der Waals surface area contributed by atoms with Crippen molar-refractivity contribution < 1.29 is 22.4 Å². The van der Waals surface area contributed by atoms with Crippen LogP contribution in [0.25, 0.3) is 16.9 Å². The molecule has 0 unspecified atom stereocenters. The van der Waals surface area contributed by atoms with Crippen LogP contribution in [-0.2, 0) is 19.3 Å². The molecule has 1 N–H and O–H groups in total. The van der Waals surface area contributed by atoms with Crippen molar-refractivity contribution in [3.05, 3.63) is 71.1 Å². The van der Waals surface area contributed by atoms with E-state index in [1.165, 1.54) is 18.2 Å². The van der Waals surface area contributed by atoms with Gasteiger partial charge in [0.2, 0.25) is 0 Å². The number of fused-ring (bicyclic) bond motifs is 1. The summed E-state index contributed by atoms with van der Waals surface area (Å²) in [5.41, 5.74) is 0.359. The summed E-state index contributed by atoms with van der Waals surface area (Å²) in [6, 6.07) is 6.92. The zero-order valence-corrected chi connectivity index (χ0v) is 17.1. The lowest BCUT2D eigenvalue weighted by Gasteiger charge is -2.11. The molecule has 166 valence electrons. The molecule has 3 aromatic heterocycles. The molecule has 4 aromatic rings. The number of nitrogens with one attached hydrogen (secondary N) is 1. The lowest BCUT2D eigenvalue weighted by Crippen LogP contribution is -2.23. The Morgan fingerprint density at radius 1 is 1.12 bits per heavy atom. The maximum absolute atomic E-state index is 13.7. The summed E-state index contributed by atoms with van der Waals surface area (Å²) in [5, 5.41) is 10.8. The molecule has 1 amide bonds. The summed E-state index contributed by atoms with van der Waals surface area (Å²) in [4.78, 5) is 16.7. The molecule has 4 rings (SSSR count). The number of rotatable bonds is 5. The van der Waals surface area contributed by atoms with Crippen LogP contribution in [0.1, 0.15) is 34.4 Å². The van der Waals surface area contributed by atoms with Crippen molar-refractivity contribution in [3.8, 4) is 11.3 Å². The number of hydrogen-bond acceptors (Lipinski definition) is 4. The highest BCUT2D eigenvalue weighted by molar-refractivity contribution is 5.93. The van der Waals surface area contributed by atoms with E-state index in [1.54, 1.807) is 17.8 Å². The number of halogens is 4. The number of amides is 1. The molecule has 7 nitrogen and oxygen atoms in total. The molecule has 0 fully saturated rings. The van der Waals surface area contributed by atoms with Crippen molar-refractivity contribution in [3.63, 3.8) is 0 Å². The van der Waals surface area contributed by atoms with E-state index in [2.05, 4.69) is 20.5 Å². The number of aryl methyl sites for hydroxylation is 2. The Labute approximate surface area is 179 Å². The fourth-order valence-electron chi connectivity index (χ4n) is 3.22. The first-order valence-corrected chi connectivity index (χ1v) is 9.71. The molecule has 1 aromatic carbocycles. The largest absolute Gasteiger partial charge is 0.433 e. The van der Waals surface area contributed by atoms with E-state index in [0.717, 1.165) is 29.5 Å². The molecule has 32 heavy (non-hydrogen) atoms. The van der Waals surface area contributed by atoms with Crippen LogP contribution in [-0.4, -0.2) is 30.3 Å². The zero-order valence-electron chi connectivity index (χ0n) is 17.1. The molecular formula is C21H18F4N6O. The number of carbonyl (C=O) groups is 1. The Bertz CT molecular complexity index is 1290. The molecule has 0 saturated heterocycles. The second-order valence-electron chi connectivity index (χ2n) is 7.11. The molecule has 3 heterocycles. The molecule has 0 spiro atoms. The standard InChI is InChI=1S/C21H18F4N6O/c1-3-30-11-14(12(2)28-30)10-26-20(32)17-9-19-27-16(13-4-6-15(22)7-5-13)8-18(21(23,24)25)31(19)29-17/h4-9,11H,3,10H2,1-2H3,(H,26,32). The van der Waals surface area contributed by atoms with Crippen molar-refractivity contribution in [1.82, 2.24) is 29.7 Å². The van der Waals surface area contributed by atoms with E-state index < -0.39 is 23.6 Å². The average Bonchev–Trinajstić information content (AvgIpc) is 3.34. The summed E-state index contributed by atoms with van der Waals surface area (Å²) in [6.45, 7) is 4.55. The van der Waals surface area contributed by atoms with Crippen LogP contribution in [0, 0.1) is 12.7 Å². The molecule has 0 radical (unpaired) electrons. The van der Waals surface area contributed by atoms with Crippen LogP contribution in [0.4, 0.5) is 17.6 Å². The second-order valence-corrected chi connectivity index (χ2v) is 7.11. The highest BCUT2D eigenvalue weighted by Gasteiger charge is 2.35. The minimum Gasteiger partial charge on any atom is -0.346 e. The first-order chi connectivity index (χ1) is 15.2. The zero-order chi connectivity index (χ0) is 23.0. The third kappa shape index (κ3) is 4.18. The molecule has 11 heteroatoms. The third-order valence-corrected chi connectivity index (χ3v) is 4.90. The van der Waals surface area contributed by atoms with Gasteiger partial charge in [-0.05, 0) is 44.2 Å². The lowest BCUT2D eigenvalue weighted by atomic mass is 10.1. The molecule has 0 aliphatic carbocycles. The third-order valence-electron chi connectivity index (χ3n) is 4.90. The van der Waals surface area contributed by atoms with Crippen LogP contribution >= 0.6 is 0 Å². The number of alkyl halides is 3. The Kier molecular flexibility index (Phi) is 5.41. The van der Waals surface area contributed by atoms with Crippen LogP contribution in [0.2, 0.25) is 0 Å². The maximum atomic E-state index is 13.7. The summed E-state index contributed by atoms with van der Waals surface area (Å²) in [7, 11) is 0. The molecule has 0 saturated carbocycles. The van der Waals surface area contributed by atoms with E-state index in [9.17, 15) is 22.4 Å². The normalized spacial score (nSPS) is 11.8. The number of benzene rings is 1. The topological polar surface area (TPSA) is 77.1 Å². The van der Waals surface area contributed by atoms with Gasteiger partial charge in [-0.25, -0.2) is 13.9 Å². The molecule has 0 aliphatic heterocycles. The van der Waals surface area contributed by atoms with Crippen molar-refractivity contribution >= 4 is 11.6 Å². The van der Waals surface area contributed by atoms with E-state index in [0.29, 0.717) is 16.6 Å². The SMILES string of the molecule is CCn1cc(CNC(=O)c2cc3nc(-c4ccc(F)cc4)cc(C(F)(F)F)n3n2)c(C)n1. The Hall–Kier alpha value is -3.76. The van der Waals surface area contributed by atoms with Crippen LogP contribution in [0.5, 0.6) is 0 Å². The van der Waals surface area contributed by atoms with E-state index in [1.807, 2.05) is 6.92 Å². The number of hydrogen-bond donors (Lipinski definition) is 1. The monoisotopic (exact) mass is 446 g/mol. The highest BCUT2D eigenvalue weighted by atomic mass is 19.4. The average molecular weight is 446 g/mol. The minimum absolute atomic E-state index is 0.0145. The van der Waals surface area contributed by atoms with Gasteiger partial charge in [0, 0.05) is 36.5 Å². The van der Waals surface area contributed by atoms with Gasteiger partial charge in [-0.2, -0.15) is 23.4 Å². The number of carbonyl (C=O) groups excluding carboxylic acids is 1. The summed E-state index contributed by atoms with van der Waals surface area (Å²) >= 11 is 0. The van der Waals surface area contributed by atoms with Crippen molar-refractivity contribution in [2.24, 2.45) is 0 Å². The van der Waals surface area contributed by atoms with Gasteiger partial charge in [-0.1, -0.05) is 0 Å². The number of nitrogens with zero attached hydrogens (tertiary/aromatic N) is 5. The van der Waals surface area contributed by atoms with Gasteiger partial charge in [-0.15, -0.1) is 0 Å². The van der Waals surface area contributed by atoms with Crippen molar-refractivity contribution in [1.29, 1.82) is 0 Å². The fourth-order valence-corrected chi connectivity index (χ4v) is 3.22. The summed E-state index contributed by atoms with van der Waals surface area (Å²) < 4.78 is 56.5. The Morgan fingerprint density at radius 3 is 2.47 bits per heavy atom. The van der Waals surface area contributed by atoms with E-state index >= 15 is 0 Å². The summed E-state index contributed by atoms with van der Waals surface area (Å²) in [5.74, 6) is -1.16. The maximum Gasteiger partial charge on any atom is 0.433 e. The number of aromatic nitrogens is 5. The summed E-state index contributed by atoms with van der Waals surface area (Å²) in [6.07, 6.45) is -2.96. The molecule has 0 atom stereocenters. The van der Waals surface area contributed by atoms with Gasteiger partial charge in [0.15, 0.2) is 17.0 Å². The highest BCUT2D eigenvalue weighted by Crippen LogP contribution is 2.32. The predicted octanol–water partition coefficient (Wildman–Crippen LogP) is 4.01. The lowest BCUT2D eigenvalue weighted by molar-refractivity contribution is -0.142. The Balaban J connectivity index is 1.68. The first kappa shape index (κ1) is 21.5. The van der Waals surface area contributed by atoms with E-state index in [4.69, 9.17) is 0 Å². The van der Waals surface area contributed by atoms with Crippen molar-refractivity contribution in [2.45, 2.75) is 33.1 Å². The van der Waals surface area contributed by atoms with Gasteiger partial charge >= 0.3 is 6.18 Å². The molecule has 0 bridgehead atoms. The molecule has 0 aliphatic rings. The first-order valence-electron chi connectivity index (χ1n) is 9.71. The molecular weight excluding hydrogens is 428 g/mol. The van der Waals surface area contributed by atoms with Crippen molar-refractivity contribution in [2.75, 3.05) is 0 Å². The van der Waals surface area contributed by atoms with Crippen LogP contribution < -0.4 is 5.32 Å². The Morgan fingerprint density at radius 2 is 1.84 bits per heavy atom. The second kappa shape index (κ2) is 8.06. The quantitative estimate of drug-likeness (QED) is 0.470. The van der Waals surface area contributed by atoms with Gasteiger partial charge in [0.25, 0.3) is 5.91 Å². The predicted molar refractivity (Wildman–Crippen MR) is 107 cm³/mol. The van der Waals surface area contributed by atoms with Crippen LogP contribution in [0.15, 0.2) is 42.6 Å².